The number of carbonyl (C=O) groups is 1. The van der Waals surface area contributed by atoms with Crippen LogP contribution in [0.1, 0.15) is 36.7 Å². The van der Waals surface area contributed by atoms with Crippen molar-refractivity contribution in [3.05, 3.63) is 104 Å². The first-order valence-corrected chi connectivity index (χ1v) is 10.9. The molecule has 0 aliphatic rings. The van der Waals surface area contributed by atoms with Gasteiger partial charge in [-0.1, -0.05) is 32.9 Å². The molecule has 0 unspecified atom stereocenters. The first kappa shape index (κ1) is 23.7. The summed E-state index contributed by atoms with van der Waals surface area (Å²) < 4.78 is 16.9. The SMILES string of the molecule is CC(C)(C)c1ccc(Oc2coc3cc(OCC(=O)c4ccc([N+](=O)[O-])cc4)ccc3c2=O)cc1. The standard InChI is InChI=1S/C27H23NO7/c1-27(2,3)18-6-10-20(11-7-18)35-25-16-34-24-14-21(12-13-22(24)26(25)30)33-15-23(29)17-4-8-19(9-5-17)28(31)32/h4-14,16H,15H2,1-3H3. The van der Waals surface area contributed by atoms with Gasteiger partial charge >= 0.3 is 0 Å². The average Bonchev–Trinajstić information content (AvgIpc) is 2.84. The topological polar surface area (TPSA) is 109 Å². The first-order valence-electron chi connectivity index (χ1n) is 10.9. The number of ketones is 1. The highest BCUT2D eigenvalue weighted by Gasteiger charge is 2.15. The molecule has 0 aliphatic carbocycles. The minimum Gasteiger partial charge on any atom is -0.485 e. The van der Waals surface area contributed by atoms with E-state index in [1.807, 2.05) is 24.3 Å². The van der Waals surface area contributed by atoms with Crippen LogP contribution in [0.2, 0.25) is 0 Å². The second-order valence-electron chi connectivity index (χ2n) is 8.98. The third-order valence-corrected chi connectivity index (χ3v) is 5.43. The third kappa shape index (κ3) is 5.38. The summed E-state index contributed by atoms with van der Waals surface area (Å²) in [6.45, 7) is 6.07. The fourth-order valence-electron chi connectivity index (χ4n) is 3.40. The maximum absolute atomic E-state index is 12.9. The summed E-state index contributed by atoms with van der Waals surface area (Å²) in [4.78, 5) is 35.4. The van der Waals surface area contributed by atoms with Crippen LogP contribution in [0.4, 0.5) is 5.69 Å². The predicted octanol–water partition coefficient (Wildman–Crippen LogP) is 6.05. The summed E-state index contributed by atoms with van der Waals surface area (Å²) in [5.74, 6) is 0.572. The average molecular weight is 473 g/mol. The predicted molar refractivity (Wildman–Crippen MR) is 131 cm³/mol. The minimum absolute atomic E-state index is 0.00670. The molecule has 1 heterocycles. The Morgan fingerprint density at radius 1 is 0.971 bits per heavy atom. The van der Waals surface area contributed by atoms with Crippen LogP contribution in [-0.4, -0.2) is 17.3 Å². The van der Waals surface area contributed by atoms with Gasteiger partial charge < -0.3 is 13.9 Å². The highest BCUT2D eigenvalue weighted by molar-refractivity contribution is 5.97. The van der Waals surface area contributed by atoms with Gasteiger partial charge in [-0.25, -0.2) is 0 Å². The van der Waals surface area contributed by atoms with Gasteiger partial charge in [0.05, 0.1) is 10.3 Å². The van der Waals surface area contributed by atoms with E-state index in [9.17, 15) is 19.7 Å². The second kappa shape index (κ2) is 9.42. The summed E-state index contributed by atoms with van der Waals surface area (Å²) in [7, 11) is 0. The number of nitro groups is 1. The number of nitrogens with zero attached hydrogens (tertiary/aromatic N) is 1. The van der Waals surface area contributed by atoms with E-state index >= 15 is 0 Å². The molecule has 0 bridgehead atoms. The lowest BCUT2D eigenvalue weighted by atomic mass is 9.87. The largest absolute Gasteiger partial charge is 0.485 e. The third-order valence-electron chi connectivity index (χ3n) is 5.43. The van der Waals surface area contributed by atoms with Crippen molar-refractivity contribution in [2.24, 2.45) is 0 Å². The molecule has 0 saturated heterocycles. The summed E-state index contributed by atoms with van der Waals surface area (Å²) >= 11 is 0. The molecular formula is C27H23NO7. The summed E-state index contributed by atoms with van der Waals surface area (Å²) in [5, 5.41) is 11.0. The van der Waals surface area contributed by atoms with Crippen LogP contribution in [0, 0.1) is 10.1 Å². The second-order valence-corrected chi connectivity index (χ2v) is 8.98. The van der Waals surface area contributed by atoms with Crippen LogP contribution < -0.4 is 14.9 Å². The van der Waals surface area contributed by atoms with E-state index in [1.54, 1.807) is 12.1 Å². The minimum atomic E-state index is -0.535. The van der Waals surface area contributed by atoms with E-state index in [0.29, 0.717) is 22.4 Å². The van der Waals surface area contributed by atoms with Crippen LogP contribution in [-0.2, 0) is 5.41 Å². The number of non-ortho nitro benzene ring substituents is 1. The summed E-state index contributed by atoms with van der Waals surface area (Å²) in [5.41, 5.74) is 1.30. The fourth-order valence-corrected chi connectivity index (χ4v) is 3.40. The number of fused-ring (bicyclic) bond motifs is 1. The van der Waals surface area contributed by atoms with Crippen LogP contribution in [0.5, 0.6) is 17.2 Å². The Morgan fingerprint density at radius 2 is 1.63 bits per heavy atom. The zero-order valence-corrected chi connectivity index (χ0v) is 19.4. The normalized spacial score (nSPS) is 11.3. The van der Waals surface area contributed by atoms with Crippen molar-refractivity contribution in [1.29, 1.82) is 0 Å². The van der Waals surface area contributed by atoms with Gasteiger partial charge in [0.1, 0.15) is 23.3 Å². The smallest absolute Gasteiger partial charge is 0.269 e. The van der Waals surface area contributed by atoms with E-state index in [4.69, 9.17) is 13.9 Å². The van der Waals surface area contributed by atoms with Crippen molar-refractivity contribution in [1.82, 2.24) is 0 Å². The Labute approximate surface area is 200 Å². The molecule has 0 amide bonds. The van der Waals surface area contributed by atoms with E-state index in [-0.39, 0.29) is 40.3 Å². The summed E-state index contributed by atoms with van der Waals surface area (Å²) in [6.07, 6.45) is 1.24. The monoisotopic (exact) mass is 473 g/mol. The highest BCUT2D eigenvalue weighted by Crippen LogP contribution is 2.27. The number of hydrogen-bond donors (Lipinski definition) is 0. The van der Waals surface area contributed by atoms with E-state index < -0.39 is 4.92 Å². The summed E-state index contributed by atoms with van der Waals surface area (Å²) in [6, 6.07) is 17.4. The molecule has 1 aromatic heterocycles. The molecule has 0 atom stereocenters. The van der Waals surface area contributed by atoms with E-state index in [0.717, 1.165) is 5.56 Å². The van der Waals surface area contributed by atoms with Gasteiger partial charge in [0.2, 0.25) is 11.2 Å². The molecule has 0 spiro atoms. The quantitative estimate of drug-likeness (QED) is 0.182. The van der Waals surface area contributed by atoms with E-state index in [1.165, 1.54) is 36.6 Å². The van der Waals surface area contributed by atoms with Crippen molar-refractivity contribution in [3.63, 3.8) is 0 Å². The number of benzene rings is 3. The first-order chi connectivity index (χ1) is 16.6. The number of hydrogen-bond acceptors (Lipinski definition) is 7. The molecule has 0 radical (unpaired) electrons. The zero-order valence-electron chi connectivity index (χ0n) is 19.4. The number of nitro benzene ring substituents is 1. The van der Waals surface area contributed by atoms with Crippen molar-refractivity contribution >= 4 is 22.4 Å². The lowest BCUT2D eigenvalue weighted by molar-refractivity contribution is -0.384. The molecule has 0 N–H and O–H groups in total. The number of carbonyl (C=O) groups excluding carboxylic acids is 1. The van der Waals surface area contributed by atoms with Gasteiger partial charge in [-0.2, -0.15) is 0 Å². The van der Waals surface area contributed by atoms with Gasteiger partial charge in [0, 0.05) is 23.8 Å². The fraction of sp³-hybridized carbons (Fsp3) is 0.185. The van der Waals surface area contributed by atoms with Crippen molar-refractivity contribution in [2.75, 3.05) is 6.61 Å². The van der Waals surface area contributed by atoms with E-state index in [2.05, 4.69) is 20.8 Å². The Bertz CT molecular complexity index is 1450. The lowest BCUT2D eigenvalue weighted by Gasteiger charge is -2.19. The van der Waals surface area contributed by atoms with Gasteiger partial charge in [0.15, 0.2) is 12.4 Å². The molecule has 8 heteroatoms. The molecule has 8 nitrogen and oxygen atoms in total. The molecule has 4 rings (SSSR count). The zero-order chi connectivity index (χ0) is 25.2. The molecule has 178 valence electrons. The molecular weight excluding hydrogens is 450 g/mol. The molecule has 0 aliphatic heterocycles. The Kier molecular flexibility index (Phi) is 6.38. The van der Waals surface area contributed by atoms with Gasteiger partial charge in [-0.3, -0.25) is 19.7 Å². The van der Waals surface area contributed by atoms with Crippen molar-refractivity contribution in [2.45, 2.75) is 26.2 Å². The highest BCUT2D eigenvalue weighted by atomic mass is 16.6. The number of rotatable bonds is 7. The molecule has 4 aromatic rings. The van der Waals surface area contributed by atoms with Crippen LogP contribution >= 0.6 is 0 Å². The van der Waals surface area contributed by atoms with Gasteiger partial charge in [-0.05, 0) is 47.4 Å². The van der Waals surface area contributed by atoms with Crippen molar-refractivity contribution in [3.8, 4) is 17.2 Å². The Balaban J connectivity index is 1.46. The molecule has 0 saturated carbocycles. The van der Waals surface area contributed by atoms with Crippen molar-refractivity contribution < 1.29 is 23.6 Å². The Morgan fingerprint density at radius 3 is 2.26 bits per heavy atom. The molecule has 0 fully saturated rings. The van der Waals surface area contributed by atoms with Gasteiger partial charge in [0.25, 0.3) is 5.69 Å². The lowest BCUT2D eigenvalue weighted by Crippen LogP contribution is -2.12. The van der Waals surface area contributed by atoms with Crippen LogP contribution in [0.25, 0.3) is 11.0 Å². The Hall–Kier alpha value is -4.46. The maximum Gasteiger partial charge on any atom is 0.269 e. The molecule has 35 heavy (non-hydrogen) atoms. The van der Waals surface area contributed by atoms with Gasteiger partial charge in [-0.15, -0.1) is 0 Å². The van der Waals surface area contributed by atoms with Crippen LogP contribution in [0.15, 0.2) is 82.2 Å². The van der Waals surface area contributed by atoms with Crippen LogP contribution in [0.3, 0.4) is 0 Å². The number of ether oxygens (including phenoxy) is 2. The number of Topliss-reactive ketones (excluding diaryl/α,β-unsaturated/α-hetero) is 1. The maximum atomic E-state index is 12.9. The molecule has 3 aromatic carbocycles.